The van der Waals surface area contributed by atoms with Gasteiger partial charge in [-0.25, -0.2) is 0 Å². The molecule has 1 aliphatic carbocycles. The number of rotatable bonds is 4. The van der Waals surface area contributed by atoms with Crippen molar-refractivity contribution in [2.45, 2.75) is 44.6 Å². The van der Waals surface area contributed by atoms with Crippen LogP contribution < -0.4 is 14.8 Å². The van der Waals surface area contributed by atoms with Gasteiger partial charge in [0.25, 0.3) is 0 Å². The molecule has 0 aromatic heterocycles. The van der Waals surface area contributed by atoms with E-state index in [1.54, 1.807) is 0 Å². The number of likely N-dealkylation sites (N-methyl/N-ethyl adjacent to an activating group) is 1. The molecule has 1 N–H and O–H groups in total. The van der Waals surface area contributed by atoms with Gasteiger partial charge in [0.2, 0.25) is 6.79 Å². The lowest BCUT2D eigenvalue weighted by atomic mass is 9.81. The molecule has 1 atom stereocenters. The van der Waals surface area contributed by atoms with E-state index in [4.69, 9.17) is 9.47 Å². The molecule has 3 nitrogen and oxygen atoms in total. The molecular weight excluding hydrogens is 238 g/mol. The average Bonchev–Trinajstić information content (AvgIpc) is 2.93. The van der Waals surface area contributed by atoms with Crippen LogP contribution in [0.4, 0.5) is 0 Å². The molecule has 1 aromatic carbocycles. The predicted molar refractivity (Wildman–Crippen MR) is 75.7 cm³/mol. The minimum Gasteiger partial charge on any atom is -0.454 e. The monoisotopic (exact) mass is 261 g/mol. The van der Waals surface area contributed by atoms with Crippen molar-refractivity contribution in [1.29, 1.82) is 0 Å². The van der Waals surface area contributed by atoms with Crippen molar-refractivity contribution in [2.24, 2.45) is 5.92 Å². The van der Waals surface area contributed by atoms with E-state index >= 15 is 0 Å². The number of benzene rings is 1. The summed E-state index contributed by atoms with van der Waals surface area (Å²) in [4.78, 5) is 0. The van der Waals surface area contributed by atoms with Crippen molar-refractivity contribution >= 4 is 0 Å². The van der Waals surface area contributed by atoms with Gasteiger partial charge >= 0.3 is 0 Å². The zero-order valence-corrected chi connectivity index (χ0v) is 11.7. The summed E-state index contributed by atoms with van der Waals surface area (Å²) >= 11 is 0. The quantitative estimate of drug-likeness (QED) is 0.903. The van der Waals surface area contributed by atoms with Gasteiger partial charge in [-0.05, 0) is 49.9 Å². The molecule has 1 unspecified atom stereocenters. The molecule has 104 valence electrons. The fourth-order valence-electron chi connectivity index (χ4n) is 3.36. The van der Waals surface area contributed by atoms with Crippen LogP contribution in [0.15, 0.2) is 18.2 Å². The van der Waals surface area contributed by atoms with Gasteiger partial charge in [0.05, 0.1) is 0 Å². The van der Waals surface area contributed by atoms with Crippen molar-refractivity contribution < 1.29 is 9.47 Å². The molecule has 2 aliphatic rings. The van der Waals surface area contributed by atoms with E-state index in [2.05, 4.69) is 24.5 Å². The third kappa shape index (κ3) is 2.86. The molecule has 0 amide bonds. The van der Waals surface area contributed by atoms with E-state index in [0.717, 1.165) is 23.8 Å². The Labute approximate surface area is 115 Å². The summed E-state index contributed by atoms with van der Waals surface area (Å²) in [6, 6.07) is 6.92. The van der Waals surface area contributed by atoms with Gasteiger partial charge in [0.15, 0.2) is 11.5 Å². The van der Waals surface area contributed by atoms with Crippen LogP contribution in [0.5, 0.6) is 11.5 Å². The standard InChI is InChI=1S/C16H23NO2/c1-17-14(13-5-3-2-4-6-13)9-12-7-8-15-16(10-12)19-11-18-15/h7-8,10,13-14,17H,2-6,9,11H2,1H3. The van der Waals surface area contributed by atoms with Crippen LogP contribution in [-0.2, 0) is 6.42 Å². The SMILES string of the molecule is CNC(Cc1ccc2c(c1)OCO2)C1CCCCC1. The summed E-state index contributed by atoms with van der Waals surface area (Å²) in [6.45, 7) is 0.358. The molecule has 3 rings (SSSR count). The number of hydrogen-bond acceptors (Lipinski definition) is 3. The van der Waals surface area contributed by atoms with Crippen molar-refractivity contribution in [3.63, 3.8) is 0 Å². The molecule has 1 aliphatic heterocycles. The second kappa shape index (κ2) is 5.83. The topological polar surface area (TPSA) is 30.5 Å². The van der Waals surface area contributed by atoms with Crippen LogP contribution >= 0.6 is 0 Å². The molecule has 0 bridgehead atoms. The Kier molecular flexibility index (Phi) is 3.92. The minimum atomic E-state index is 0.358. The molecule has 3 heteroatoms. The Morgan fingerprint density at radius 2 is 1.95 bits per heavy atom. The summed E-state index contributed by atoms with van der Waals surface area (Å²) in [6.07, 6.45) is 8.02. The normalized spacial score (nSPS) is 20.5. The van der Waals surface area contributed by atoms with Gasteiger partial charge in [-0.15, -0.1) is 0 Å². The van der Waals surface area contributed by atoms with Crippen molar-refractivity contribution in [1.82, 2.24) is 5.32 Å². The highest BCUT2D eigenvalue weighted by atomic mass is 16.7. The Morgan fingerprint density at radius 1 is 1.16 bits per heavy atom. The van der Waals surface area contributed by atoms with Gasteiger partial charge in [-0.1, -0.05) is 25.3 Å². The summed E-state index contributed by atoms with van der Waals surface area (Å²) in [7, 11) is 2.09. The average molecular weight is 261 g/mol. The van der Waals surface area contributed by atoms with Crippen molar-refractivity contribution in [2.75, 3.05) is 13.8 Å². The summed E-state index contributed by atoms with van der Waals surface area (Å²) in [5, 5.41) is 3.52. The number of ether oxygens (including phenoxy) is 2. The minimum absolute atomic E-state index is 0.358. The van der Waals surface area contributed by atoms with Crippen LogP contribution in [0.3, 0.4) is 0 Å². The fraction of sp³-hybridized carbons (Fsp3) is 0.625. The van der Waals surface area contributed by atoms with E-state index in [-0.39, 0.29) is 0 Å². The van der Waals surface area contributed by atoms with Crippen molar-refractivity contribution in [3.8, 4) is 11.5 Å². The third-order valence-corrected chi connectivity index (χ3v) is 4.48. The van der Waals surface area contributed by atoms with Crippen LogP contribution in [0.25, 0.3) is 0 Å². The number of hydrogen-bond donors (Lipinski definition) is 1. The zero-order valence-electron chi connectivity index (χ0n) is 11.7. The second-order valence-electron chi connectivity index (χ2n) is 5.68. The van der Waals surface area contributed by atoms with E-state index in [9.17, 15) is 0 Å². The summed E-state index contributed by atoms with van der Waals surface area (Å²) in [5.74, 6) is 2.60. The molecule has 1 aromatic rings. The highest BCUT2D eigenvalue weighted by molar-refractivity contribution is 5.44. The Hall–Kier alpha value is -1.22. The van der Waals surface area contributed by atoms with Crippen LogP contribution in [0.1, 0.15) is 37.7 Å². The Balaban J connectivity index is 1.68. The van der Waals surface area contributed by atoms with E-state index in [1.165, 1.54) is 37.7 Å². The highest BCUT2D eigenvalue weighted by Gasteiger charge is 2.23. The largest absolute Gasteiger partial charge is 0.454 e. The molecular formula is C16H23NO2. The fourth-order valence-corrected chi connectivity index (χ4v) is 3.36. The van der Waals surface area contributed by atoms with Crippen LogP contribution in [0.2, 0.25) is 0 Å². The van der Waals surface area contributed by atoms with E-state index in [1.807, 2.05) is 6.07 Å². The van der Waals surface area contributed by atoms with Gasteiger partial charge in [-0.2, -0.15) is 0 Å². The first-order valence-corrected chi connectivity index (χ1v) is 7.42. The smallest absolute Gasteiger partial charge is 0.231 e. The Bertz CT molecular complexity index is 427. The predicted octanol–water partition coefficient (Wildman–Crippen LogP) is 3.13. The Morgan fingerprint density at radius 3 is 2.74 bits per heavy atom. The van der Waals surface area contributed by atoms with Gasteiger partial charge in [0.1, 0.15) is 0 Å². The van der Waals surface area contributed by atoms with E-state index < -0.39 is 0 Å². The van der Waals surface area contributed by atoms with Crippen molar-refractivity contribution in [3.05, 3.63) is 23.8 Å². The molecule has 0 spiro atoms. The van der Waals surface area contributed by atoms with E-state index in [0.29, 0.717) is 12.8 Å². The van der Waals surface area contributed by atoms with Gasteiger partial charge in [-0.3, -0.25) is 0 Å². The first-order chi connectivity index (χ1) is 9.36. The maximum absolute atomic E-state index is 5.46. The van der Waals surface area contributed by atoms with Gasteiger partial charge in [0, 0.05) is 6.04 Å². The van der Waals surface area contributed by atoms with Crippen LogP contribution in [-0.4, -0.2) is 19.9 Å². The summed E-state index contributed by atoms with van der Waals surface area (Å²) in [5.41, 5.74) is 1.34. The second-order valence-corrected chi connectivity index (χ2v) is 5.68. The maximum Gasteiger partial charge on any atom is 0.231 e. The highest BCUT2D eigenvalue weighted by Crippen LogP contribution is 2.34. The first-order valence-electron chi connectivity index (χ1n) is 7.42. The molecule has 1 heterocycles. The molecule has 1 saturated carbocycles. The lowest BCUT2D eigenvalue weighted by Gasteiger charge is -2.30. The third-order valence-electron chi connectivity index (χ3n) is 4.48. The summed E-state index contributed by atoms with van der Waals surface area (Å²) < 4.78 is 10.8. The number of nitrogens with one attached hydrogen (secondary N) is 1. The lowest BCUT2D eigenvalue weighted by molar-refractivity contribution is 0.174. The van der Waals surface area contributed by atoms with Crippen LogP contribution in [0, 0.1) is 5.92 Å². The first kappa shape index (κ1) is 12.8. The molecule has 1 fully saturated rings. The maximum atomic E-state index is 5.46. The number of fused-ring (bicyclic) bond motifs is 1. The molecule has 0 saturated heterocycles. The zero-order chi connectivity index (χ0) is 13.1. The lowest BCUT2D eigenvalue weighted by Crippen LogP contribution is -2.36. The van der Waals surface area contributed by atoms with Gasteiger partial charge < -0.3 is 14.8 Å². The molecule has 19 heavy (non-hydrogen) atoms. The molecule has 0 radical (unpaired) electrons.